The van der Waals surface area contributed by atoms with Gasteiger partial charge >= 0.3 is 0 Å². The van der Waals surface area contributed by atoms with E-state index in [0.29, 0.717) is 10.6 Å². The lowest BCUT2D eigenvalue weighted by molar-refractivity contribution is -0.384. The molecule has 0 fully saturated rings. The zero-order valence-electron chi connectivity index (χ0n) is 10.4. The lowest BCUT2D eigenvalue weighted by Gasteiger charge is -2.05. The van der Waals surface area contributed by atoms with Crippen molar-refractivity contribution in [2.75, 3.05) is 0 Å². The fourth-order valence-corrected chi connectivity index (χ4v) is 2.42. The van der Waals surface area contributed by atoms with Crippen LogP contribution in [0, 0.1) is 10.1 Å². The molecule has 0 aliphatic rings. The van der Waals surface area contributed by atoms with Crippen molar-refractivity contribution in [3.8, 4) is 11.1 Å². The normalized spacial score (nSPS) is 10.7. The number of halogens is 1. The van der Waals surface area contributed by atoms with Gasteiger partial charge in [-0.1, -0.05) is 48.0 Å². The quantitative estimate of drug-likeness (QED) is 0.487. The van der Waals surface area contributed by atoms with Crippen LogP contribution in [-0.4, -0.2) is 4.92 Å². The molecule has 0 radical (unpaired) electrons. The van der Waals surface area contributed by atoms with Crippen LogP contribution in [0.2, 0.25) is 5.02 Å². The average Bonchev–Trinajstić information content (AvgIpc) is 2.46. The third-order valence-electron chi connectivity index (χ3n) is 3.22. The lowest BCUT2D eigenvalue weighted by Crippen LogP contribution is -1.92. The first kappa shape index (κ1) is 12.6. The first-order valence-corrected chi connectivity index (χ1v) is 6.46. The summed E-state index contributed by atoms with van der Waals surface area (Å²) in [6.45, 7) is 0. The molecular formula is C16H10ClNO2. The minimum Gasteiger partial charge on any atom is -0.258 e. The van der Waals surface area contributed by atoms with Crippen LogP contribution in [-0.2, 0) is 0 Å². The maximum absolute atomic E-state index is 11.2. The summed E-state index contributed by atoms with van der Waals surface area (Å²) >= 11 is 5.84. The molecule has 0 aliphatic heterocycles. The molecule has 98 valence electrons. The van der Waals surface area contributed by atoms with E-state index in [1.165, 1.54) is 6.07 Å². The summed E-state index contributed by atoms with van der Waals surface area (Å²) in [5.41, 5.74) is 1.41. The fraction of sp³-hybridized carbons (Fsp3) is 0. The smallest absolute Gasteiger partial charge is 0.258 e. The highest BCUT2D eigenvalue weighted by molar-refractivity contribution is 6.31. The first-order chi connectivity index (χ1) is 9.65. The molecule has 0 aliphatic carbocycles. The van der Waals surface area contributed by atoms with Crippen LogP contribution in [0.1, 0.15) is 0 Å². The van der Waals surface area contributed by atoms with Crippen LogP contribution in [0.25, 0.3) is 21.9 Å². The van der Waals surface area contributed by atoms with Gasteiger partial charge in [0.25, 0.3) is 5.69 Å². The monoisotopic (exact) mass is 283 g/mol. The predicted octanol–water partition coefficient (Wildman–Crippen LogP) is 5.07. The molecule has 0 unspecified atom stereocenters. The Bertz CT molecular complexity index is 814. The molecule has 3 rings (SSSR count). The minimum absolute atomic E-state index is 0.0211. The van der Waals surface area contributed by atoms with E-state index in [0.717, 1.165) is 16.3 Å². The number of nitro groups is 1. The maximum Gasteiger partial charge on any atom is 0.278 e. The summed E-state index contributed by atoms with van der Waals surface area (Å²) in [5.74, 6) is 0. The maximum atomic E-state index is 11.2. The predicted molar refractivity (Wildman–Crippen MR) is 81.0 cm³/mol. The highest BCUT2D eigenvalue weighted by atomic mass is 35.5. The molecule has 0 heterocycles. The van der Waals surface area contributed by atoms with Crippen molar-refractivity contribution in [1.29, 1.82) is 0 Å². The number of fused-ring (bicyclic) bond motifs is 1. The van der Waals surface area contributed by atoms with E-state index >= 15 is 0 Å². The van der Waals surface area contributed by atoms with Gasteiger partial charge in [0.1, 0.15) is 0 Å². The number of benzene rings is 3. The Morgan fingerprint density at radius 3 is 2.40 bits per heavy atom. The molecule has 0 amide bonds. The second-order valence-corrected chi connectivity index (χ2v) is 4.92. The molecule has 4 heteroatoms. The topological polar surface area (TPSA) is 43.1 Å². The van der Waals surface area contributed by atoms with Gasteiger partial charge in [0.05, 0.1) is 10.5 Å². The summed E-state index contributed by atoms with van der Waals surface area (Å²) in [6, 6.07) is 18.4. The third-order valence-corrected chi connectivity index (χ3v) is 3.45. The molecule has 0 aromatic heterocycles. The van der Waals surface area contributed by atoms with E-state index in [1.54, 1.807) is 12.1 Å². The zero-order chi connectivity index (χ0) is 14.1. The zero-order valence-corrected chi connectivity index (χ0v) is 11.2. The summed E-state index contributed by atoms with van der Waals surface area (Å²) in [5, 5.41) is 13.7. The molecular weight excluding hydrogens is 274 g/mol. The molecule has 3 aromatic carbocycles. The Balaban J connectivity index is 2.22. The average molecular weight is 284 g/mol. The molecule has 0 bridgehead atoms. The van der Waals surface area contributed by atoms with Crippen LogP contribution in [0.4, 0.5) is 5.69 Å². The van der Waals surface area contributed by atoms with Gasteiger partial charge in [0, 0.05) is 11.1 Å². The van der Waals surface area contributed by atoms with Crippen molar-refractivity contribution in [3.63, 3.8) is 0 Å². The highest BCUT2D eigenvalue weighted by Crippen LogP contribution is 2.33. The van der Waals surface area contributed by atoms with Crippen LogP contribution in [0.5, 0.6) is 0 Å². The summed E-state index contributed by atoms with van der Waals surface area (Å²) in [7, 11) is 0. The van der Waals surface area contributed by atoms with Crippen LogP contribution < -0.4 is 0 Å². The van der Waals surface area contributed by atoms with Crippen molar-refractivity contribution >= 4 is 28.1 Å². The van der Waals surface area contributed by atoms with Crippen molar-refractivity contribution in [2.24, 2.45) is 0 Å². The standard InChI is InChI=1S/C16H10ClNO2/c17-14-7-8-15(16(10-14)18(19)20)13-6-5-11-3-1-2-4-12(11)9-13/h1-10H. The van der Waals surface area contributed by atoms with Crippen molar-refractivity contribution in [2.45, 2.75) is 0 Å². The summed E-state index contributed by atoms with van der Waals surface area (Å²) < 4.78 is 0. The van der Waals surface area contributed by atoms with Gasteiger partial charge in [-0.15, -0.1) is 0 Å². The molecule has 3 nitrogen and oxygen atoms in total. The number of nitrogens with zero attached hydrogens (tertiary/aromatic N) is 1. The van der Waals surface area contributed by atoms with Crippen molar-refractivity contribution < 1.29 is 4.92 Å². The molecule has 0 saturated heterocycles. The van der Waals surface area contributed by atoms with E-state index in [1.807, 2.05) is 42.5 Å². The molecule has 0 N–H and O–H groups in total. The lowest BCUT2D eigenvalue weighted by atomic mass is 10.00. The van der Waals surface area contributed by atoms with Gasteiger partial charge < -0.3 is 0 Å². The minimum atomic E-state index is -0.406. The molecule has 0 saturated carbocycles. The van der Waals surface area contributed by atoms with Gasteiger partial charge in [-0.25, -0.2) is 0 Å². The van der Waals surface area contributed by atoms with Crippen LogP contribution >= 0.6 is 11.6 Å². The van der Waals surface area contributed by atoms with E-state index in [4.69, 9.17) is 11.6 Å². The molecule has 0 spiro atoms. The fourth-order valence-electron chi connectivity index (χ4n) is 2.26. The third kappa shape index (κ3) is 2.24. The Labute approximate surface area is 120 Å². The van der Waals surface area contributed by atoms with E-state index in [2.05, 4.69) is 0 Å². The highest BCUT2D eigenvalue weighted by Gasteiger charge is 2.15. The van der Waals surface area contributed by atoms with Gasteiger partial charge in [-0.2, -0.15) is 0 Å². The van der Waals surface area contributed by atoms with Gasteiger partial charge in [0.2, 0.25) is 0 Å². The van der Waals surface area contributed by atoms with Gasteiger partial charge in [0.15, 0.2) is 0 Å². The molecule has 20 heavy (non-hydrogen) atoms. The van der Waals surface area contributed by atoms with Crippen LogP contribution in [0.3, 0.4) is 0 Å². The van der Waals surface area contributed by atoms with Gasteiger partial charge in [-0.3, -0.25) is 10.1 Å². The number of rotatable bonds is 2. The molecule has 3 aromatic rings. The Morgan fingerprint density at radius 1 is 0.900 bits per heavy atom. The largest absolute Gasteiger partial charge is 0.278 e. The number of hydrogen-bond donors (Lipinski definition) is 0. The Morgan fingerprint density at radius 2 is 1.65 bits per heavy atom. The second kappa shape index (κ2) is 4.94. The van der Waals surface area contributed by atoms with Crippen LogP contribution in [0.15, 0.2) is 60.7 Å². The second-order valence-electron chi connectivity index (χ2n) is 4.48. The summed E-state index contributed by atoms with van der Waals surface area (Å²) in [4.78, 5) is 10.8. The number of hydrogen-bond acceptors (Lipinski definition) is 2. The van der Waals surface area contributed by atoms with E-state index < -0.39 is 4.92 Å². The summed E-state index contributed by atoms with van der Waals surface area (Å²) in [6.07, 6.45) is 0. The Kier molecular flexibility index (Phi) is 3.12. The van der Waals surface area contributed by atoms with E-state index in [9.17, 15) is 10.1 Å². The number of nitro benzene ring substituents is 1. The SMILES string of the molecule is O=[N+]([O-])c1cc(Cl)ccc1-c1ccc2ccccc2c1. The van der Waals surface area contributed by atoms with Crippen molar-refractivity contribution in [3.05, 3.63) is 75.8 Å². The molecule has 0 atom stereocenters. The van der Waals surface area contributed by atoms with Crippen molar-refractivity contribution in [1.82, 2.24) is 0 Å². The Hall–Kier alpha value is -2.39. The van der Waals surface area contributed by atoms with E-state index in [-0.39, 0.29) is 5.69 Å². The first-order valence-electron chi connectivity index (χ1n) is 6.08. The van der Waals surface area contributed by atoms with Gasteiger partial charge in [-0.05, 0) is 34.5 Å².